The third kappa shape index (κ3) is 3.47. The zero-order valence-electron chi connectivity index (χ0n) is 7.55. The van der Waals surface area contributed by atoms with E-state index in [4.69, 9.17) is 0 Å². The molecule has 0 amide bonds. The normalized spacial score (nSPS) is 12.0. The van der Waals surface area contributed by atoms with Gasteiger partial charge in [-0.05, 0) is 34.7 Å². The maximum Gasteiger partial charge on any atom is 0.116 e. The molecule has 0 aromatic rings. The van der Waals surface area contributed by atoms with E-state index in [9.17, 15) is 0 Å². The molecular formula is C6H18N3P. The minimum atomic E-state index is -0.262. The van der Waals surface area contributed by atoms with Crippen molar-refractivity contribution in [2.45, 2.75) is 6.92 Å². The molecule has 0 saturated carbocycles. The standard InChI is InChI=1S/C6H18N3P/c1-6-7-10(8(2)3)9(4)5/h7H,6H2,1-5H3. The van der Waals surface area contributed by atoms with Gasteiger partial charge in [0, 0.05) is 0 Å². The molecule has 0 unspecified atom stereocenters. The first kappa shape index (κ1) is 10.3. The van der Waals surface area contributed by atoms with Gasteiger partial charge < -0.3 is 0 Å². The van der Waals surface area contributed by atoms with Crippen molar-refractivity contribution in [3.8, 4) is 0 Å². The average molecular weight is 163 g/mol. The van der Waals surface area contributed by atoms with E-state index in [1.54, 1.807) is 0 Å². The van der Waals surface area contributed by atoms with Crippen molar-refractivity contribution in [3.63, 3.8) is 0 Å². The third-order valence-electron chi connectivity index (χ3n) is 1.06. The van der Waals surface area contributed by atoms with Crippen molar-refractivity contribution in [1.29, 1.82) is 0 Å². The summed E-state index contributed by atoms with van der Waals surface area (Å²) in [6.07, 6.45) is 0. The van der Waals surface area contributed by atoms with Gasteiger partial charge in [-0.15, -0.1) is 0 Å². The molecule has 3 nitrogen and oxygen atoms in total. The molecule has 0 aliphatic heterocycles. The van der Waals surface area contributed by atoms with Crippen molar-refractivity contribution in [2.75, 3.05) is 34.7 Å². The van der Waals surface area contributed by atoms with Gasteiger partial charge in [0.25, 0.3) is 0 Å². The second kappa shape index (κ2) is 5.03. The van der Waals surface area contributed by atoms with Crippen molar-refractivity contribution < 1.29 is 0 Å². The van der Waals surface area contributed by atoms with Crippen LogP contribution in [0.3, 0.4) is 0 Å². The van der Waals surface area contributed by atoms with Crippen LogP contribution in [0.5, 0.6) is 0 Å². The predicted molar refractivity (Wildman–Crippen MR) is 48.0 cm³/mol. The fraction of sp³-hybridized carbons (Fsp3) is 1.00. The van der Waals surface area contributed by atoms with Crippen molar-refractivity contribution in [1.82, 2.24) is 14.4 Å². The summed E-state index contributed by atoms with van der Waals surface area (Å²) >= 11 is 0. The molecule has 0 atom stereocenters. The Labute approximate surface area is 65.3 Å². The monoisotopic (exact) mass is 163 g/mol. The Morgan fingerprint density at radius 1 is 1.10 bits per heavy atom. The fourth-order valence-corrected chi connectivity index (χ4v) is 2.35. The van der Waals surface area contributed by atoms with E-state index in [0.29, 0.717) is 0 Å². The number of nitrogens with one attached hydrogen (secondary N) is 1. The first-order valence-electron chi connectivity index (χ1n) is 3.47. The quantitative estimate of drug-likeness (QED) is 0.622. The van der Waals surface area contributed by atoms with E-state index in [2.05, 4.69) is 49.5 Å². The minimum Gasteiger partial charge on any atom is -0.271 e. The summed E-state index contributed by atoms with van der Waals surface area (Å²) < 4.78 is 4.41. The van der Waals surface area contributed by atoms with Crippen LogP contribution in [0.4, 0.5) is 0 Å². The molecule has 10 heavy (non-hydrogen) atoms. The summed E-state index contributed by atoms with van der Waals surface area (Å²) in [6, 6.07) is 0. The molecule has 0 spiro atoms. The molecule has 0 aliphatic rings. The number of nitrogens with zero attached hydrogens (tertiary/aromatic N) is 2. The number of hydrogen-bond acceptors (Lipinski definition) is 3. The Hall–Kier alpha value is 0.310. The lowest BCUT2D eigenvalue weighted by atomic mass is 10.8. The van der Waals surface area contributed by atoms with Crippen molar-refractivity contribution >= 4 is 8.37 Å². The van der Waals surface area contributed by atoms with Crippen LogP contribution in [0.25, 0.3) is 0 Å². The van der Waals surface area contributed by atoms with Gasteiger partial charge in [0.1, 0.15) is 8.37 Å². The van der Waals surface area contributed by atoms with Gasteiger partial charge in [-0.3, -0.25) is 14.4 Å². The van der Waals surface area contributed by atoms with Gasteiger partial charge in [0.05, 0.1) is 0 Å². The van der Waals surface area contributed by atoms with Gasteiger partial charge in [-0.25, -0.2) is 0 Å². The summed E-state index contributed by atoms with van der Waals surface area (Å²) in [5.41, 5.74) is 0. The zero-order valence-corrected chi connectivity index (χ0v) is 8.44. The molecule has 0 fully saturated rings. The van der Waals surface area contributed by atoms with E-state index >= 15 is 0 Å². The molecule has 0 bridgehead atoms. The van der Waals surface area contributed by atoms with E-state index in [1.807, 2.05) is 0 Å². The lowest BCUT2D eigenvalue weighted by Gasteiger charge is -2.29. The third-order valence-corrected chi connectivity index (χ3v) is 3.17. The SMILES string of the molecule is CCNP(N(C)C)N(C)C. The van der Waals surface area contributed by atoms with E-state index in [-0.39, 0.29) is 8.37 Å². The van der Waals surface area contributed by atoms with Crippen LogP contribution in [0.1, 0.15) is 6.92 Å². The van der Waals surface area contributed by atoms with E-state index < -0.39 is 0 Å². The first-order valence-corrected chi connectivity index (χ1v) is 4.72. The molecule has 0 aliphatic carbocycles. The topological polar surface area (TPSA) is 18.5 Å². The van der Waals surface area contributed by atoms with E-state index in [0.717, 1.165) is 6.54 Å². The van der Waals surface area contributed by atoms with Gasteiger partial charge in [-0.2, -0.15) is 0 Å². The summed E-state index contributed by atoms with van der Waals surface area (Å²) in [6.45, 7) is 3.16. The summed E-state index contributed by atoms with van der Waals surface area (Å²) in [4.78, 5) is 0. The Balaban J connectivity index is 3.73. The van der Waals surface area contributed by atoms with Crippen LogP contribution in [-0.2, 0) is 0 Å². The highest BCUT2D eigenvalue weighted by Gasteiger charge is 2.10. The maximum absolute atomic E-state index is 3.40. The predicted octanol–water partition coefficient (Wildman–Crippen LogP) is 0.946. The van der Waals surface area contributed by atoms with Crippen LogP contribution in [0.15, 0.2) is 0 Å². The molecule has 0 rings (SSSR count). The average Bonchev–Trinajstić information content (AvgIpc) is 1.81. The number of rotatable bonds is 4. The molecular weight excluding hydrogens is 145 g/mol. The molecule has 0 aromatic carbocycles. The first-order chi connectivity index (χ1) is 4.59. The summed E-state index contributed by atoms with van der Waals surface area (Å²) in [7, 11) is 8.10. The molecule has 1 N–H and O–H groups in total. The molecule has 0 aromatic heterocycles. The smallest absolute Gasteiger partial charge is 0.116 e. The van der Waals surface area contributed by atoms with Gasteiger partial charge in [0.15, 0.2) is 0 Å². The van der Waals surface area contributed by atoms with Gasteiger partial charge >= 0.3 is 0 Å². The van der Waals surface area contributed by atoms with E-state index in [1.165, 1.54) is 0 Å². The van der Waals surface area contributed by atoms with Gasteiger partial charge in [-0.1, -0.05) is 6.92 Å². The Bertz CT molecular complexity index is 77.1. The highest BCUT2D eigenvalue weighted by molar-refractivity contribution is 7.50. The van der Waals surface area contributed by atoms with Crippen LogP contribution in [-0.4, -0.2) is 44.1 Å². The van der Waals surface area contributed by atoms with Gasteiger partial charge in [0.2, 0.25) is 0 Å². The molecule has 0 saturated heterocycles. The molecule has 0 radical (unpaired) electrons. The van der Waals surface area contributed by atoms with Crippen LogP contribution in [0.2, 0.25) is 0 Å². The maximum atomic E-state index is 3.40. The second-order valence-electron chi connectivity index (χ2n) is 2.50. The summed E-state index contributed by atoms with van der Waals surface area (Å²) in [5.74, 6) is 0. The van der Waals surface area contributed by atoms with Crippen LogP contribution in [0, 0.1) is 0 Å². The minimum absolute atomic E-state index is 0.262. The Morgan fingerprint density at radius 2 is 1.50 bits per heavy atom. The number of hydrogen-bond donors (Lipinski definition) is 1. The molecule has 0 heterocycles. The lowest BCUT2D eigenvalue weighted by molar-refractivity contribution is 0.558. The lowest BCUT2D eigenvalue weighted by Crippen LogP contribution is -2.26. The Morgan fingerprint density at radius 3 is 1.60 bits per heavy atom. The molecule has 62 valence electrons. The Kier molecular flexibility index (Phi) is 5.18. The fourth-order valence-electron chi connectivity index (χ4n) is 0.782. The van der Waals surface area contributed by atoms with Crippen molar-refractivity contribution in [2.24, 2.45) is 0 Å². The largest absolute Gasteiger partial charge is 0.271 e. The van der Waals surface area contributed by atoms with Crippen molar-refractivity contribution in [3.05, 3.63) is 0 Å². The van der Waals surface area contributed by atoms with Crippen LogP contribution >= 0.6 is 8.37 Å². The highest BCUT2D eigenvalue weighted by Crippen LogP contribution is 2.33. The second-order valence-corrected chi connectivity index (χ2v) is 4.99. The highest BCUT2D eigenvalue weighted by atomic mass is 31.1. The summed E-state index contributed by atoms with van der Waals surface area (Å²) in [5, 5.41) is 3.40. The zero-order chi connectivity index (χ0) is 8.15. The van der Waals surface area contributed by atoms with Crippen LogP contribution < -0.4 is 5.09 Å². The molecule has 4 heteroatoms.